The number of fused-ring (bicyclic) bond motifs is 1. The van der Waals surface area contributed by atoms with Crippen molar-refractivity contribution in [3.05, 3.63) is 83.9 Å². The zero-order chi connectivity index (χ0) is 17.9. The second-order valence-electron chi connectivity index (χ2n) is 5.51. The number of carbonyl (C=O) groups excluding carboxylic acids is 2. The quantitative estimate of drug-likeness (QED) is 0.555. The second kappa shape index (κ2) is 6.56. The summed E-state index contributed by atoms with van der Waals surface area (Å²) in [7, 11) is 0. The van der Waals surface area contributed by atoms with E-state index in [2.05, 4.69) is 25.3 Å². The van der Waals surface area contributed by atoms with Crippen molar-refractivity contribution in [1.29, 1.82) is 0 Å². The average molecular weight is 343 g/mol. The number of hydrogen-bond donors (Lipinski definition) is 2. The molecule has 2 heterocycles. The van der Waals surface area contributed by atoms with E-state index in [1.165, 1.54) is 6.33 Å². The van der Waals surface area contributed by atoms with Crippen LogP contribution in [0.4, 0.5) is 5.82 Å². The molecule has 0 atom stereocenters. The summed E-state index contributed by atoms with van der Waals surface area (Å²) < 4.78 is 0. The van der Waals surface area contributed by atoms with Crippen LogP contribution in [0, 0.1) is 0 Å². The van der Waals surface area contributed by atoms with Crippen LogP contribution in [-0.4, -0.2) is 31.6 Å². The maximum Gasteiger partial charge on any atom is 0.256 e. The lowest BCUT2D eigenvalue weighted by molar-refractivity contribution is 0.101. The number of rotatable bonds is 4. The molecular formula is C19H13N5O2. The highest BCUT2D eigenvalue weighted by Gasteiger charge is 2.18. The number of nitrogens with one attached hydrogen (secondary N) is 2. The number of carbonyl (C=O) groups is 2. The van der Waals surface area contributed by atoms with Gasteiger partial charge in [0.15, 0.2) is 11.5 Å². The van der Waals surface area contributed by atoms with Crippen molar-refractivity contribution in [3.8, 4) is 0 Å². The number of aromatic amines is 1. The number of hydrogen-bond acceptors (Lipinski definition) is 5. The Labute approximate surface area is 148 Å². The minimum Gasteiger partial charge on any atom is -0.340 e. The van der Waals surface area contributed by atoms with Gasteiger partial charge in [-0.15, -0.1) is 0 Å². The molecule has 0 aliphatic rings. The predicted molar refractivity (Wildman–Crippen MR) is 96.0 cm³/mol. The van der Waals surface area contributed by atoms with Crippen molar-refractivity contribution < 1.29 is 9.59 Å². The Morgan fingerprint density at radius 3 is 2.19 bits per heavy atom. The molecule has 4 rings (SSSR count). The third-order valence-electron chi connectivity index (χ3n) is 3.79. The van der Waals surface area contributed by atoms with E-state index in [1.807, 2.05) is 12.1 Å². The number of aromatic nitrogens is 4. The van der Waals surface area contributed by atoms with Gasteiger partial charge in [-0.25, -0.2) is 15.0 Å². The molecule has 1 amide bonds. The lowest BCUT2D eigenvalue weighted by atomic mass is 10.1. The molecule has 0 aliphatic heterocycles. The highest BCUT2D eigenvalue weighted by molar-refractivity contribution is 6.10. The number of benzene rings is 2. The number of anilines is 1. The van der Waals surface area contributed by atoms with Gasteiger partial charge in [0.1, 0.15) is 5.52 Å². The molecule has 0 spiro atoms. The fraction of sp³-hybridized carbons (Fsp3) is 0. The zero-order valence-electron chi connectivity index (χ0n) is 13.5. The maximum atomic E-state index is 12.6. The van der Waals surface area contributed by atoms with Gasteiger partial charge in [-0.2, -0.15) is 0 Å². The van der Waals surface area contributed by atoms with Crippen molar-refractivity contribution in [2.24, 2.45) is 0 Å². The Balaban J connectivity index is 1.74. The molecule has 0 saturated heterocycles. The van der Waals surface area contributed by atoms with Gasteiger partial charge in [-0.3, -0.25) is 9.59 Å². The predicted octanol–water partition coefficient (Wildman–Crippen LogP) is 2.84. The van der Waals surface area contributed by atoms with Gasteiger partial charge in [0.2, 0.25) is 11.6 Å². The van der Waals surface area contributed by atoms with Crippen molar-refractivity contribution >= 4 is 28.7 Å². The van der Waals surface area contributed by atoms with Crippen LogP contribution in [0.5, 0.6) is 0 Å². The first-order valence-corrected chi connectivity index (χ1v) is 7.89. The summed E-state index contributed by atoms with van der Waals surface area (Å²) in [5.41, 5.74) is 1.71. The smallest absolute Gasteiger partial charge is 0.256 e. The molecule has 2 aromatic heterocycles. The summed E-state index contributed by atoms with van der Waals surface area (Å²) in [6, 6.07) is 17.5. The summed E-state index contributed by atoms with van der Waals surface area (Å²) in [6.07, 6.45) is 1.44. The molecule has 126 valence electrons. The number of amides is 1. The van der Waals surface area contributed by atoms with Gasteiger partial charge in [0, 0.05) is 11.1 Å². The van der Waals surface area contributed by atoms with Crippen LogP contribution in [0.25, 0.3) is 11.2 Å². The number of imidazole rings is 1. The zero-order valence-corrected chi connectivity index (χ0v) is 13.5. The van der Waals surface area contributed by atoms with Crippen molar-refractivity contribution in [2.75, 3.05) is 5.32 Å². The van der Waals surface area contributed by atoms with E-state index < -0.39 is 0 Å². The Morgan fingerprint density at radius 2 is 1.50 bits per heavy atom. The number of ketones is 1. The lowest BCUT2D eigenvalue weighted by Gasteiger charge is -2.07. The highest BCUT2D eigenvalue weighted by atomic mass is 16.1. The van der Waals surface area contributed by atoms with E-state index in [-0.39, 0.29) is 23.3 Å². The highest BCUT2D eigenvalue weighted by Crippen LogP contribution is 2.19. The first kappa shape index (κ1) is 15.6. The van der Waals surface area contributed by atoms with E-state index in [0.29, 0.717) is 22.3 Å². The molecule has 0 radical (unpaired) electrons. The number of nitrogens with zero attached hydrogens (tertiary/aromatic N) is 3. The van der Waals surface area contributed by atoms with Gasteiger partial charge in [0.05, 0.1) is 6.33 Å². The van der Waals surface area contributed by atoms with Gasteiger partial charge in [0.25, 0.3) is 5.91 Å². The van der Waals surface area contributed by atoms with Gasteiger partial charge in [-0.1, -0.05) is 48.5 Å². The van der Waals surface area contributed by atoms with Crippen LogP contribution in [0.3, 0.4) is 0 Å². The molecule has 0 unspecified atom stereocenters. The van der Waals surface area contributed by atoms with Gasteiger partial charge >= 0.3 is 0 Å². The first-order valence-electron chi connectivity index (χ1n) is 7.89. The molecule has 4 aromatic rings. The SMILES string of the molecule is O=C(Nc1nc(C(=O)c2ccccc2)nc2nc[nH]c12)c1ccccc1. The minimum atomic E-state index is -0.342. The molecule has 26 heavy (non-hydrogen) atoms. The molecule has 0 bridgehead atoms. The average Bonchev–Trinajstić information content (AvgIpc) is 3.17. The van der Waals surface area contributed by atoms with Crippen molar-refractivity contribution in [1.82, 2.24) is 19.9 Å². The van der Waals surface area contributed by atoms with Crippen LogP contribution in [0.2, 0.25) is 0 Å². The second-order valence-corrected chi connectivity index (χ2v) is 5.51. The van der Waals surface area contributed by atoms with E-state index in [1.54, 1.807) is 48.5 Å². The van der Waals surface area contributed by atoms with E-state index in [9.17, 15) is 9.59 Å². The summed E-state index contributed by atoms with van der Waals surface area (Å²) in [4.78, 5) is 40.5. The molecule has 0 fully saturated rings. The molecule has 2 aromatic carbocycles. The molecule has 2 N–H and O–H groups in total. The summed E-state index contributed by atoms with van der Waals surface area (Å²) >= 11 is 0. The minimum absolute atomic E-state index is 0.0286. The Hall–Kier alpha value is -3.87. The van der Waals surface area contributed by atoms with Crippen LogP contribution >= 0.6 is 0 Å². The fourth-order valence-corrected chi connectivity index (χ4v) is 2.51. The van der Waals surface area contributed by atoms with Crippen LogP contribution in [0.1, 0.15) is 26.5 Å². The first-order chi connectivity index (χ1) is 12.7. The van der Waals surface area contributed by atoms with E-state index in [4.69, 9.17) is 0 Å². The molecule has 0 aliphatic carbocycles. The summed E-state index contributed by atoms with van der Waals surface area (Å²) in [6.45, 7) is 0. The third kappa shape index (κ3) is 2.93. The lowest BCUT2D eigenvalue weighted by Crippen LogP contribution is -2.16. The molecule has 7 nitrogen and oxygen atoms in total. The summed E-state index contributed by atoms with van der Waals surface area (Å²) in [5.74, 6) is -0.496. The van der Waals surface area contributed by atoms with Crippen LogP contribution in [0.15, 0.2) is 67.0 Å². The standard InChI is InChI=1S/C19H13N5O2/c25-15(12-7-3-1-4-8-12)18-22-16-14(20-11-21-16)17(23-18)24-19(26)13-9-5-2-6-10-13/h1-11H,(H2,20,21,22,23,24,26). The maximum absolute atomic E-state index is 12.6. The Morgan fingerprint density at radius 1 is 0.846 bits per heavy atom. The monoisotopic (exact) mass is 343 g/mol. The van der Waals surface area contributed by atoms with Crippen LogP contribution < -0.4 is 5.32 Å². The molecule has 7 heteroatoms. The molecular weight excluding hydrogens is 330 g/mol. The Bertz CT molecular complexity index is 1090. The number of H-pyrrole nitrogens is 1. The summed E-state index contributed by atoms with van der Waals surface area (Å²) in [5, 5.41) is 2.72. The van der Waals surface area contributed by atoms with E-state index >= 15 is 0 Å². The largest absolute Gasteiger partial charge is 0.340 e. The van der Waals surface area contributed by atoms with E-state index in [0.717, 1.165) is 0 Å². The molecule has 0 saturated carbocycles. The van der Waals surface area contributed by atoms with Crippen LogP contribution in [-0.2, 0) is 0 Å². The van der Waals surface area contributed by atoms with Crippen molar-refractivity contribution in [3.63, 3.8) is 0 Å². The van der Waals surface area contributed by atoms with Gasteiger partial charge < -0.3 is 10.3 Å². The van der Waals surface area contributed by atoms with Crippen molar-refractivity contribution in [2.45, 2.75) is 0 Å². The fourth-order valence-electron chi connectivity index (χ4n) is 2.51. The normalized spacial score (nSPS) is 10.6. The van der Waals surface area contributed by atoms with Gasteiger partial charge in [-0.05, 0) is 12.1 Å². The topological polar surface area (TPSA) is 101 Å². The third-order valence-corrected chi connectivity index (χ3v) is 3.79. The Kier molecular flexibility index (Phi) is 3.95.